The van der Waals surface area contributed by atoms with E-state index in [1.807, 2.05) is 31.2 Å². The molecule has 0 saturated heterocycles. The molecule has 4 nitrogen and oxygen atoms in total. The van der Waals surface area contributed by atoms with Crippen LogP contribution in [0.3, 0.4) is 0 Å². The molecule has 4 aromatic carbocycles. The average molecular weight is 508 g/mol. The summed E-state index contributed by atoms with van der Waals surface area (Å²) in [6, 6.07) is 29.2. The van der Waals surface area contributed by atoms with Crippen LogP contribution < -0.4 is 20.2 Å². The van der Waals surface area contributed by atoms with Gasteiger partial charge in [-0.3, -0.25) is 0 Å². The molecule has 1 heterocycles. The molecule has 5 aromatic rings. The second-order valence-electron chi connectivity index (χ2n) is 8.93. The first-order valence-electron chi connectivity index (χ1n) is 11.9. The Morgan fingerprint density at radius 3 is 2.08 bits per heavy atom. The molecule has 5 heteroatoms. The summed E-state index contributed by atoms with van der Waals surface area (Å²) in [7, 11) is 1.64. The Morgan fingerprint density at radius 1 is 0.757 bits per heavy atom. The van der Waals surface area contributed by atoms with Gasteiger partial charge >= 0.3 is 5.97 Å². The van der Waals surface area contributed by atoms with Gasteiger partial charge in [-0.2, -0.15) is 0 Å². The first-order chi connectivity index (χ1) is 17.9. The van der Waals surface area contributed by atoms with Crippen molar-refractivity contribution in [3.63, 3.8) is 0 Å². The maximum atomic E-state index is 13.1. The Kier molecular flexibility index (Phi) is 6.85. The summed E-state index contributed by atoms with van der Waals surface area (Å²) >= 11 is 5.98. The number of aryl methyl sites for hydroxylation is 2. The number of methoxy groups -OCH3 is 1. The number of aromatic nitrogens is 1. The van der Waals surface area contributed by atoms with Crippen molar-refractivity contribution < 1.29 is 14.3 Å². The molecule has 0 unspecified atom stereocenters. The molecule has 0 amide bonds. The molecule has 0 spiro atoms. The van der Waals surface area contributed by atoms with Gasteiger partial charge in [-0.25, -0.2) is 4.79 Å². The number of benzene rings is 4. The van der Waals surface area contributed by atoms with E-state index in [0.717, 1.165) is 44.0 Å². The quantitative estimate of drug-likeness (QED) is 0.212. The van der Waals surface area contributed by atoms with Gasteiger partial charge in [-0.05, 0) is 80.1 Å². The fourth-order valence-electron chi connectivity index (χ4n) is 4.34. The number of hydrogen-bond donors (Lipinski definition) is 0. The molecule has 0 aliphatic heterocycles. The van der Waals surface area contributed by atoms with E-state index in [4.69, 9.17) is 21.1 Å². The summed E-state index contributed by atoms with van der Waals surface area (Å²) in [5.74, 6) is 0.716. The van der Waals surface area contributed by atoms with Gasteiger partial charge in [0, 0.05) is 27.6 Å². The number of hydrogen-bond acceptors (Lipinski definition) is 3. The second kappa shape index (κ2) is 10.4. The van der Waals surface area contributed by atoms with Crippen molar-refractivity contribution in [3.05, 3.63) is 123 Å². The van der Waals surface area contributed by atoms with Gasteiger partial charge in [0.1, 0.15) is 11.5 Å². The minimum atomic E-state index is -0.472. The molecule has 1 aromatic heterocycles. The largest absolute Gasteiger partial charge is 0.497 e. The third-order valence-corrected chi connectivity index (χ3v) is 6.46. The highest BCUT2D eigenvalue weighted by atomic mass is 35.5. The van der Waals surface area contributed by atoms with Crippen molar-refractivity contribution >= 4 is 40.5 Å². The Bertz CT molecular complexity index is 1700. The zero-order chi connectivity index (χ0) is 25.9. The highest BCUT2D eigenvalue weighted by Crippen LogP contribution is 2.18. The smallest absolute Gasteiger partial charge is 0.338 e. The Morgan fingerprint density at radius 2 is 1.41 bits per heavy atom. The minimum Gasteiger partial charge on any atom is -0.497 e. The summed E-state index contributed by atoms with van der Waals surface area (Å²) in [4.78, 5) is 13.1. The molecule has 0 radical (unpaired) electrons. The van der Waals surface area contributed by atoms with Crippen molar-refractivity contribution in [2.24, 2.45) is 0 Å². The number of carbonyl (C=O) groups is 1. The Hall–Kier alpha value is -4.28. The van der Waals surface area contributed by atoms with Crippen LogP contribution in [0.25, 0.3) is 28.6 Å². The standard InChI is InChI=1S/C32H26ClNO3/c1-21-4-7-23(8-5-21)19-30-28-17-6-22(2)18-29(28)31(34(30)25-11-15-26(36-3)16-12-25)20-32(35)37-27-13-9-24(33)10-14-27/h4-20H,1-3H3/b30-19-,31-20?. The van der Waals surface area contributed by atoms with Gasteiger partial charge in [0.2, 0.25) is 0 Å². The molecule has 5 rings (SSSR count). The monoisotopic (exact) mass is 507 g/mol. The zero-order valence-electron chi connectivity index (χ0n) is 20.9. The first-order valence-corrected chi connectivity index (χ1v) is 12.3. The van der Waals surface area contributed by atoms with E-state index in [1.165, 1.54) is 5.56 Å². The van der Waals surface area contributed by atoms with Gasteiger partial charge < -0.3 is 14.0 Å². The van der Waals surface area contributed by atoms with Crippen LogP contribution >= 0.6 is 11.6 Å². The van der Waals surface area contributed by atoms with Gasteiger partial charge in [0.25, 0.3) is 0 Å². The van der Waals surface area contributed by atoms with Crippen LogP contribution in [0, 0.1) is 13.8 Å². The van der Waals surface area contributed by atoms with Crippen LogP contribution in [-0.2, 0) is 4.79 Å². The molecule has 0 aliphatic carbocycles. The highest BCUT2D eigenvalue weighted by Gasteiger charge is 2.13. The maximum absolute atomic E-state index is 13.1. The molecular weight excluding hydrogens is 482 g/mol. The SMILES string of the molecule is COc1ccc(-n2c(=CC(=O)Oc3ccc(Cl)cc3)c3cc(C)ccc3/c2=C/c2ccc(C)cc2)cc1. The van der Waals surface area contributed by atoms with E-state index in [9.17, 15) is 4.79 Å². The molecule has 0 saturated carbocycles. The van der Waals surface area contributed by atoms with Gasteiger partial charge in [-0.1, -0.05) is 59.1 Å². The molecule has 0 N–H and O–H groups in total. The number of nitrogens with zero attached hydrogens (tertiary/aromatic N) is 1. The fraction of sp³-hybridized carbons (Fsp3) is 0.0938. The Balaban J connectivity index is 1.79. The lowest BCUT2D eigenvalue weighted by Crippen LogP contribution is -2.27. The van der Waals surface area contributed by atoms with Crippen molar-refractivity contribution in [1.29, 1.82) is 0 Å². The molecule has 37 heavy (non-hydrogen) atoms. The summed E-state index contributed by atoms with van der Waals surface area (Å²) < 4.78 is 13.1. The molecule has 0 aliphatic rings. The predicted octanol–water partition coefficient (Wildman–Crippen LogP) is 6.12. The summed E-state index contributed by atoms with van der Waals surface area (Å²) in [6.07, 6.45) is 3.69. The molecule has 0 bridgehead atoms. The minimum absolute atomic E-state index is 0.431. The third-order valence-electron chi connectivity index (χ3n) is 6.21. The third kappa shape index (κ3) is 5.30. The zero-order valence-corrected chi connectivity index (χ0v) is 21.6. The highest BCUT2D eigenvalue weighted by molar-refractivity contribution is 6.30. The van der Waals surface area contributed by atoms with Crippen LogP contribution in [0.5, 0.6) is 11.5 Å². The normalized spacial score (nSPS) is 12.2. The number of fused-ring (bicyclic) bond motifs is 1. The Labute approximate surface area is 220 Å². The average Bonchev–Trinajstić information content (AvgIpc) is 3.18. The number of rotatable bonds is 5. The van der Waals surface area contributed by atoms with Crippen molar-refractivity contribution in [1.82, 2.24) is 4.57 Å². The van der Waals surface area contributed by atoms with Gasteiger partial charge in [0.05, 0.1) is 17.8 Å². The molecule has 0 fully saturated rings. The van der Waals surface area contributed by atoms with E-state index < -0.39 is 5.97 Å². The van der Waals surface area contributed by atoms with E-state index in [0.29, 0.717) is 10.8 Å². The number of ether oxygens (including phenoxy) is 2. The van der Waals surface area contributed by atoms with E-state index >= 15 is 0 Å². The number of esters is 1. The molecule has 184 valence electrons. The maximum Gasteiger partial charge on any atom is 0.338 e. The van der Waals surface area contributed by atoms with Crippen LogP contribution in [0.1, 0.15) is 16.7 Å². The summed E-state index contributed by atoms with van der Waals surface area (Å²) in [5.41, 5.74) is 4.26. The van der Waals surface area contributed by atoms with Crippen molar-refractivity contribution in [2.45, 2.75) is 13.8 Å². The lowest BCUT2D eigenvalue weighted by Gasteiger charge is -2.08. The topological polar surface area (TPSA) is 40.5 Å². The number of carbonyl (C=O) groups excluding carboxylic acids is 1. The van der Waals surface area contributed by atoms with Crippen LogP contribution in [0.15, 0.2) is 91.0 Å². The van der Waals surface area contributed by atoms with Crippen molar-refractivity contribution in [2.75, 3.05) is 7.11 Å². The summed E-state index contributed by atoms with van der Waals surface area (Å²) in [6.45, 7) is 4.12. The lowest BCUT2D eigenvalue weighted by atomic mass is 10.1. The summed E-state index contributed by atoms with van der Waals surface area (Å²) in [5, 5.41) is 4.28. The first kappa shape index (κ1) is 24.4. The van der Waals surface area contributed by atoms with Gasteiger partial charge in [0.15, 0.2) is 0 Å². The fourth-order valence-corrected chi connectivity index (χ4v) is 4.46. The lowest BCUT2D eigenvalue weighted by molar-refractivity contribution is -0.127. The van der Waals surface area contributed by atoms with Crippen molar-refractivity contribution in [3.8, 4) is 17.2 Å². The predicted molar refractivity (Wildman–Crippen MR) is 150 cm³/mol. The van der Waals surface area contributed by atoms with Crippen LogP contribution in [-0.4, -0.2) is 17.6 Å². The molecular formula is C32H26ClNO3. The van der Waals surface area contributed by atoms with E-state index in [2.05, 4.69) is 60.0 Å². The second-order valence-corrected chi connectivity index (χ2v) is 9.36. The van der Waals surface area contributed by atoms with Gasteiger partial charge in [-0.15, -0.1) is 0 Å². The number of halogens is 1. The van der Waals surface area contributed by atoms with Crippen LogP contribution in [0.2, 0.25) is 5.02 Å². The van der Waals surface area contributed by atoms with Crippen LogP contribution in [0.4, 0.5) is 0 Å². The molecule has 0 atom stereocenters. The van der Waals surface area contributed by atoms with E-state index in [1.54, 1.807) is 37.5 Å². The van der Waals surface area contributed by atoms with E-state index in [-0.39, 0.29) is 0 Å².